The Hall–Kier alpha value is -2.68. The summed E-state index contributed by atoms with van der Waals surface area (Å²) in [5, 5.41) is 0. The zero-order valence-electron chi connectivity index (χ0n) is 11.2. The summed E-state index contributed by atoms with van der Waals surface area (Å²) < 4.78 is 1.86. The number of benzene rings is 1. The van der Waals surface area contributed by atoms with Gasteiger partial charge in [0, 0.05) is 18.0 Å². The Bertz CT molecular complexity index is 800. The van der Waals surface area contributed by atoms with Crippen molar-refractivity contribution >= 4 is 17.0 Å². The normalized spacial score (nSPS) is 10.7. The van der Waals surface area contributed by atoms with E-state index in [1.165, 1.54) is 0 Å². The summed E-state index contributed by atoms with van der Waals surface area (Å²) in [4.78, 5) is 16.7. The molecule has 0 N–H and O–H groups in total. The maximum atomic E-state index is 12.3. The molecule has 3 heteroatoms. The Kier molecular flexibility index (Phi) is 2.95. The monoisotopic (exact) mass is 262 g/mol. The van der Waals surface area contributed by atoms with Crippen molar-refractivity contribution in [1.82, 2.24) is 9.38 Å². The molecule has 0 fully saturated rings. The van der Waals surface area contributed by atoms with E-state index in [9.17, 15) is 4.79 Å². The highest BCUT2D eigenvalue weighted by atomic mass is 16.1. The molecule has 0 aliphatic heterocycles. The van der Waals surface area contributed by atoms with Crippen molar-refractivity contribution in [2.24, 2.45) is 0 Å². The summed E-state index contributed by atoms with van der Waals surface area (Å²) in [6.07, 6.45) is 3.70. The molecule has 0 aliphatic carbocycles. The van der Waals surface area contributed by atoms with Crippen molar-refractivity contribution in [1.29, 1.82) is 0 Å². The maximum absolute atomic E-state index is 12.3. The van der Waals surface area contributed by atoms with Gasteiger partial charge in [0.2, 0.25) is 5.78 Å². The Labute approximate surface area is 117 Å². The number of pyridine rings is 1. The van der Waals surface area contributed by atoms with Crippen LogP contribution in [-0.4, -0.2) is 15.2 Å². The Morgan fingerprint density at radius 2 is 1.80 bits per heavy atom. The summed E-state index contributed by atoms with van der Waals surface area (Å²) in [7, 11) is 0. The first-order valence-corrected chi connectivity index (χ1v) is 6.39. The molecule has 0 spiro atoms. The minimum Gasteiger partial charge on any atom is -0.306 e. The van der Waals surface area contributed by atoms with Crippen LogP contribution in [0.3, 0.4) is 0 Å². The number of rotatable bonds is 3. The van der Waals surface area contributed by atoms with Crippen molar-refractivity contribution in [3.05, 3.63) is 78.3 Å². The molecular weight excluding hydrogens is 248 g/mol. The smallest absolute Gasteiger partial charge is 0.212 e. The van der Waals surface area contributed by atoms with Gasteiger partial charge in [-0.3, -0.25) is 4.79 Å². The first kappa shape index (κ1) is 12.4. The van der Waals surface area contributed by atoms with Crippen molar-refractivity contribution in [2.75, 3.05) is 0 Å². The fraction of sp³-hybridized carbons (Fsp3) is 0.0588. The Morgan fingerprint density at radius 1 is 1.05 bits per heavy atom. The van der Waals surface area contributed by atoms with Crippen LogP contribution in [0.5, 0.6) is 0 Å². The molecule has 0 bridgehead atoms. The molecule has 2 aromatic heterocycles. The third kappa shape index (κ3) is 2.14. The van der Waals surface area contributed by atoms with Crippen molar-refractivity contribution in [3.63, 3.8) is 0 Å². The maximum Gasteiger partial charge on any atom is 0.212 e. The highest BCUT2D eigenvalue weighted by Crippen LogP contribution is 2.15. The fourth-order valence-electron chi connectivity index (χ4n) is 2.09. The van der Waals surface area contributed by atoms with Gasteiger partial charge in [-0.2, -0.15) is 0 Å². The first-order valence-electron chi connectivity index (χ1n) is 6.39. The average molecular weight is 262 g/mol. The number of carbonyl (C=O) groups excluding carboxylic acids is 1. The molecule has 3 aromatic rings. The fourth-order valence-corrected chi connectivity index (χ4v) is 2.09. The van der Waals surface area contributed by atoms with Crippen LogP contribution in [0.15, 0.2) is 61.4 Å². The number of aromatic nitrogens is 2. The van der Waals surface area contributed by atoms with Gasteiger partial charge >= 0.3 is 0 Å². The van der Waals surface area contributed by atoms with E-state index in [1.807, 2.05) is 47.9 Å². The first-order chi connectivity index (χ1) is 9.65. The summed E-state index contributed by atoms with van der Waals surface area (Å²) >= 11 is 0. The van der Waals surface area contributed by atoms with Crippen LogP contribution in [-0.2, 0) is 0 Å². The number of carbonyl (C=O) groups is 1. The summed E-state index contributed by atoms with van der Waals surface area (Å²) in [5.74, 6) is -0.0637. The molecule has 0 unspecified atom stereocenters. The highest BCUT2D eigenvalue weighted by Gasteiger charge is 2.12. The zero-order chi connectivity index (χ0) is 14.1. The number of imidazole rings is 1. The molecule has 0 amide bonds. The topological polar surface area (TPSA) is 34.4 Å². The predicted octanol–water partition coefficient (Wildman–Crippen LogP) is 3.60. The minimum absolute atomic E-state index is 0.0637. The third-order valence-electron chi connectivity index (χ3n) is 3.21. The SMILES string of the molecule is C=C(C)c1ccc2nc(C(=O)c3ccccc3)cn2c1. The lowest BCUT2D eigenvalue weighted by Gasteiger charge is -1.99. The quantitative estimate of drug-likeness (QED) is 0.676. The van der Waals surface area contributed by atoms with E-state index in [4.69, 9.17) is 0 Å². The molecule has 0 radical (unpaired) electrons. The second-order valence-electron chi connectivity index (χ2n) is 4.78. The minimum atomic E-state index is -0.0637. The summed E-state index contributed by atoms with van der Waals surface area (Å²) in [5.41, 5.74) is 3.88. The molecule has 1 aromatic carbocycles. The summed E-state index contributed by atoms with van der Waals surface area (Å²) in [6.45, 7) is 5.87. The lowest BCUT2D eigenvalue weighted by Crippen LogP contribution is -2.00. The number of ketones is 1. The van der Waals surface area contributed by atoms with E-state index in [2.05, 4.69) is 11.6 Å². The lowest BCUT2D eigenvalue weighted by atomic mass is 10.1. The van der Waals surface area contributed by atoms with Gasteiger partial charge in [-0.05, 0) is 30.2 Å². The van der Waals surface area contributed by atoms with Crippen molar-refractivity contribution in [3.8, 4) is 0 Å². The van der Waals surface area contributed by atoms with E-state index in [0.717, 1.165) is 16.8 Å². The van der Waals surface area contributed by atoms with Crippen LogP contribution in [0.25, 0.3) is 11.2 Å². The van der Waals surface area contributed by atoms with Gasteiger partial charge in [-0.15, -0.1) is 0 Å². The molecule has 0 saturated heterocycles. The van der Waals surface area contributed by atoms with Gasteiger partial charge in [-0.25, -0.2) is 4.98 Å². The van der Waals surface area contributed by atoms with Gasteiger partial charge in [0.05, 0.1) is 0 Å². The third-order valence-corrected chi connectivity index (χ3v) is 3.21. The standard InChI is InChI=1S/C17H14N2O/c1-12(2)14-8-9-16-18-15(11-19(16)10-14)17(20)13-6-4-3-5-7-13/h3-11H,1H2,2H3. The molecule has 0 saturated carbocycles. The Morgan fingerprint density at radius 3 is 2.50 bits per heavy atom. The van der Waals surface area contributed by atoms with E-state index in [-0.39, 0.29) is 5.78 Å². The lowest BCUT2D eigenvalue weighted by molar-refractivity contribution is 0.103. The molecule has 0 atom stereocenters. The number of hydrogen-bond donors (Lipinski definition) is 0. The van der Waals surface area contributed by atoms with Crippen LogP contribution in [0, 0.1) is 0 Å². The largest absolute Gasteiger partial charge is 0.306 e. The molecule has 0 aliphatic rings. The molecular formula is C17H14N2O. The van der Waals surface area contributed by atoms with E-state index in [1.54, 1.807) is 18.3 Å². The molecule has 20 heavy (non-hydrogen) atoms. The second kappa shape index (κ2) is 4.78. The second-order valence-corrected chi connectivity index (χ2v) is 4.78. The number of nitrogens with zero attached hydrogens (tertiary/aromatic N) is 2. The van der Waals surface area contributed by atoms with Gasteiger partial charge in [-0.1, -0.05) is 36.9 Å². The van der Waals surface area contributed by atoms with E-state index >= 15 is 0 Å². The highest BCUT2D eigenvalue weighted by molar-refractivity contribution is 6.07. The van der Waals surface area contributed by atoms with Gasteiger partial charge < -0.3 is 4.40 Å². The predicted molar refractivity (Wildman–Crippen MR) is 79.8 cm³/mol. The van der Waals surface area contributed by atoms with Crippen LogP contribution in [0.1, 0.15) is 28.5 Å². The molecule has 3 rings (SSSR count). The van der Waals surface area contributed by atoms with Crippen molar-refractivity contribution < 1.29 is 4.79 Å². The zero-order valence-corrected chi connectivity index (χ0v) is 11.2. The van der Waals surface area contributed by atoms with Crippen LogP contribution < -0.4 is 0 Å². The molecule has 98 valence electrons. The van der Waals surface area contributed by atoms with Gasteiger partial charge in [0.25, 0.3) is 0 Å². The van der Waals surface area contributed by atoms with Gasteiger partial charge in [0.15, 0.2) is 0 Å². The van der Waals surface area contributed by atoms with Crippen molar-refractivity contribution in [2.45, 2.75) is 6.92 Å². The van der Waals surface area contributed by atoms with Crippen LogP contribution in [0.4, 0.5) is 0 Å². The number of hydrogen-bond acceptors (Lipinski definition) is 2. The Balaban J connectivity index is 2.05. The van der Waals surface area contributed by atoms with Crippen LogP contribution >= 0.6 is 0 Å². The van der Waals surface area contributed by atoms with E-state index < -0.39 is 0 Å². The van der Waals surface area contributed by atoms with Crippen LogP contribution in [0.2, 0.25) is 0 Å². The number of allylic oxidation sites excluding steroid dienone is 1. The summed E-state index contributed by atoms with van der Waals surface area (Å²) in [6, 6.07) is 13.0. The van der Waals surface area contributed by atoms with Gasteiger partial charge in [0.1, 0.15) is 11.3 Å². The number of fused-ring (bicyclic) bond motifs is 1. The molecule has 2 heterocycles. The molecule has 3 nitrogen and oxygen atoms in total. The van der Waals surface area contributed by atoms with E-state index in [0.29, 0.717) is 11.3 Å². The average Bonchev–Trinajstić information content (AvgIpc) is 2.90.